The number of carbonyl (C=O) groups excluding carboxylic acids is 1. The van der Waals surface area contributed by atoms with Gasteiger partial charge in [0.05, 0.1) is 0 Å². The lowest BCUT2D eigenvalue weighted by Crippen LogP contribution is -2.41. The van der Waals surface area contributed by atoms with Gasteiger partial charge in [0.1, 0.15) is 17.0 Å². The lowest BCUT2D eigenvalue weighted by atomic mass is 9.73. The molecule has 0 saturated carbocycles. The molecule has 0 aliphatic carbocycles. The number of nitrogens with zero attached hydrogens (tertiary/aromatic N) is 1. The Morgan fingerprint density at radius 1 is 1.22 bits per heavy atom. The van der Waals surface area contributed by atoms with E-state index in [9.17, 15) is 9.90 Å². The number of carboxylic acids is 1. The molecule has 2 heterocycles. The van der Waals surface area contributed by atoms with Crippen molar-refractivity contribution < 1.29 is 14.6 Å². The minimum absolute atomic E-state index is 0.00593. The third-order valence-corrected chi connectivity index (χ3v) is 4.81. The first-order valence-electron chi connectivity index (χ1n) is 9.07. The molecule has 0 radical (unpaired) electrons. The van der Waals surface area contributed by atoms with Crippen molar-refractivity contribution in [3.63, 3.8) is 0 Å². The van der Waals surface area contributed by atoms with Crippen LogP contribution in [-0.2, 0) is 16.6 Å². The number of ether oxygens (including phenoxy) is 1. The molecule has 1 aliphatic heterocycles. The molecule has 0 amide bonds. The van der Waals surface area contributed by atoms with E-state index in [1.807, 2.05) is 6.92 Å². The van der Waals surface area contributed by atoms with Crippen molar-refractivity contribution in [1.29, 1.82) is 0 Å². The van der Waals surface area contributed by atoms with E-state index in [1.54, 1.807) is 12.1 Å². The average molecular weight is 362 g/mol. The SMILES string of the molecule is Cc1cc2c(cc1C#Cc1ccc(CC(=O)[O-])cn1)C(C)(C)CC(C)(C)O2. The zero-order valence-corrected chi connectivity index (χ0v) is 16.5. The number of aryl methyl sites for hydroxylation is 1. The van der Waals surface area contributed by atoms with Crippen LogP contribution >= 0.6 is 0 Å². The molecule has 4 nitrogen and oxygen atoms in total. The predicted octanol–water partition coefficient (Wildman–Crippen LogP) is 2.92. The van der Waals surface area contributed by atoms with Gasteiger partial charge in [-0.05, 0) is 67.9 Å². The van der Waals surface area contributed by atoms with Gasteiger partial charge in [0, 0.05) is 29.7 Å². The van der Waals surface area contributed by atoms with Crippen molar-refractivity contribution in [2.45, 2.75) is 58.5 Å². The highest BCUT2D eigenvalue weighted by Crippen LogP contribution is 2.45. The molecule has 3 rings (SSSR count). The highest BCUT2D eigenvalue weighted by Gasteiger charge is 2.39. The fourth-order valence-electron chi connectivity index (χ4n) is 3.82. The number of hydrogen-bond acceptors (Lipinski definition) is 4. The molecule has 0 N–H and O–H groups in total. The van der Waals surface area contributed by atoms with Crippen LogP contribution in [0.2, 0.25) is 0 Å². The third-order valence-electron chi connectivity index (χ3n) is 4.81. The molecule has 1 aromatic carbocycles. The van der Waals surface area contributed by atoms with Gasteiger partial charge in [-0.1, -0.05) is 25.8 Å². The van der Waals surface area contributed by atoms with Crippen molar-refractivity contribution in [1.82, 2.24) is 4.98 Å². The van der Waals surface area contributed by atoms with Crippen LogP contribution in [0.5, 0.6) is 5.75 Å². The molecule has 2 aromatic rings. The van der Waals surface area contributed by atoms with Gasteiger partial charge in [-0.15, -0.1) is 0 Å². The van der Waals surface area contributed by atoms with E-state index < -0.39 is 5.97 Å². The molecule has 0 atom stereocenters. The van der Waals surface area contributed by atoms with Crippen molar-refractivity contribution in [2.24, 2.45) is 0 Å². The molecule has 27 heavy (non-hydrogen) atoms. The molecule has 0 bridgehead atoms. The van der Waals surface area contributed by atoms with Gasteiger partial charge in [-0.2, -0.15) is 0 Å². The zero-order chi connectivity index (χ0) is 19.8. The summed E-state index contributed by atoms with van der Waals surface area (Å²) in [6.07, 6.45) is 2.32. The Morgan fingerprint density at radius 2 is 1.96 bits per heavy atom. The summed E-state index contributed by atoms with van der Waals surface area (Å²) in [7, 11) is 0. The van der Waals surface area contributed by atoms with Gasteiger partial charge in [0.25, 0.3) is 0 Å². The fourth-order valence-corrected chi connectivity index (χ4v) is 3.82. The maximum atomic E-state index is 10.6. The average Bonchev–Trinajstić information content (AvgIpc) is 2.52. The molecule has 4 heteroatoms. The Labute approximate surface area is 160 Å². The smallest absolute Gasteiger partial charge is 0.124 e. The van der Waals surface area contributed by atoms with Crippen LogP contribution < -0.4 is 9.84 Å². The zero-order valence-electron chi connectivity index (χ0n) is 16.5. The number of benzene rings is 1. The summed E-state index contributed by atoms with van der Waals surface area (Å²) in [4.78, 5) is 14.9. The topological polar surface area (TPSA) is 62.2 Å². The van der Waals surface area contributed by atoms with Crippen LogP contribution in [0.25, 0.3) is 0 Å². The monoisotopic (exact) mass is 362 g/mol. The summed E-state index contributed by atoms with van der Waals surface area (Å²) in [6.45, 7) is 10.7. The highest BCUT2D eigenvalue weighted by molar-refractivity contribution is 5.67. The van der Waals surface area contributed by atoms with E-state index in [1.165, 1.54) is 11.8 Å². The summed E-state index contributed by atoms with van der Waals surface area (Å²) in [5.41, 5.74) is 4.21. The fraction of sp³-hybridized carbons (Fsp3) is 0.391. The van der Waals surface area contributed by atoms with Gasteiger partial charge in [-0.25, -0.2) is 4.98 Å². The first-order valence-corrected chi connectivity index (χ1v) is 9.07. The summed E-state index contributed by atoms with van der Waals surface area (Å²) >= 11 is 0. The first kappa shape index (κ1) is 19.0. The summed E-state index contributed by atoms with van der Waals surface area (Å²) < 4.78 is 6.18. The van der Waals surface area contributed by atoms with E-state index in [-0.39, 0.29) is 17.4 Å². The van der Waals surface area contributed by atoms with Crippen molar-refractivity contribution in [3.8, 4) is 17.6 Å². The minimum Gasteiger partial charge on any atom is -0.550 e. The normalized spacial score (nSPS) is 16.5. The third kappa shape index (κ3) is 4.31. The van der Waals surface area contributed by atoms with Crippen molar-refractivity contribution >= 4 is 5.97 Å². The Bertz CT molecular complexity index is 944. The number of carboxylic acid groups (broad SMARTS) is 1. The largest absolute Gasteiger partial charge is 0.550 e. The second kappa shape index (κ2) is 6.74. The van der Waals surface area contributed by atoms with E-state index in [2.05, 4.69) is 56.7 Å². The second-order valence-electron chi connectivity index (χ2n) is 8.44. The Balaban J connectivity index is 1.92. The molecular weight excluding hydrogens is 338 g/mol. The van der Waals surface area contributed by atoms with E-state index >= 15 is 0 Å². The number of pyridine rings is 1. The van der Waals surface area contributed by atoms with Crippen LogP contribution in [0.1, 0.15) is 62.1 Å². The number of aromatic nitrogens is 1. The number of fused-ring (bicyclic) bond motifs is 1. The standard InChI is InChI=1S/C23H25NO3/c1-15-10-20-19(22(2,3)14-23(4,5)27-20)12-17(15)7-9-18-8-6-16(13-24-18)11-21(25)26/h6,8,10,12-13H,11,14H2,1-5H3,(H,25,26)/p-1. The number of aliphatic carboxylic acids is 1. The first-order chi connectivity index (χ1) is 12.6. The highest BCUT2D eigenvalue weighted by atomic mass is 16.5. The van der Waals surface area contributed by atoms with Gasteiger partial charge >= 0.3 is 0 Å². The Hall–Kier alpha value is -2.80. The van der Waals surface area contributed by atoms with E-state index in [0.717, 1.165) is 23.3 Å². The Kier molecular flexibility index (Phi) is 4.73. The van der Waals surface area contributed by atoms with Crippen LogP contribution in [0.4, 0.5) is 0 Å². The molecule has 1 aromatic heterocycles. The quantitative estimate of drug-likeness (QED) is 0.771. The molecule has 0 saturated heterocycles. The molecule has 1 aliphatic rings. The van der Waals surface area contributed by atoms with E-state index in [0.29, 0.717) is 11.3 Å². The van der Waals surface area contributed by atoms with Crippen LogP contribution in [-0.4, -0.2) is 16.6 Å². The van der Waals surface area contributed by atoms with Crippen LogP contribution in [0.3, 0.4) is 0 Å². The molecular formula is C23H24NO3-. The second-order valence-corrected chi connectivity index (χ2v) is 8.44. The van der Waals surface area contributed by atoms with Gasteiger partial charge < -0.3 is 14.6 Å². The van der Waals surface area contributed by atoms with Crippen molar-refractivity contribution in [2.75, 3.05) is 0 Å². The summed E-state index contributed by atoms with van der Waals surface area (Å²) in [5, 5.41) is 10.6. The number of hydrogen-bond donors (Lipinski definition) is 0. The summed E-state index contributed by atoms with van der Waals surface area (Å²) in [6, 6.07) is 7.63. The number of carbonyl (C=O) groups is 1. The van der Waals surface area contributed by atoms with Crippen LogP contribution in [0.15, 0.2) is 30.5 Å². The van der Waals surface area contributed by atoms with E-state index in [4.69, 9.17) is 4.74 Å². The van der Waals surface area contributed by atoms with Crippen molar-refractivity contribution in [3.05, 3.63) is 58.4 Å². The van der Waals surface area contributed by atoms with Gasteiger partial charge in [0.2, 0.25) is 0 Å². The van der Waals surface area contributed by atoms with Gasteiger partial charge in [0.15, 0.2) is 0 Å². The molecule has 140 valence electrons. The molecule has 0 unspecified atom stereocenters. The number of rotatable bonds is 2. The maximum Gasteiger partial charge on any atom is 0.124 e. The minimum atomic E-state index is -1.12. The lowest BCUT2D eigenvalue weighted by Gasteiger charge is -2.42. The Morgan fingerprint density at radius 3 is 2.59 bits per heavy atom. The molecule has 0 spiro atoms. The predicted molar refractivity (Wildman–Crippen MR) is 102 cm³/mol. The van der Waals surface area contributed by atoms with Gasteiger partial charge in [-0.3, -0.25) is 0 Å². The maximum absolute atomic E-state index is 10.6. The molecule has 0 fully saturated rings. The lowest BCUT2D eigenvalue weighted by molar-refractivity contribution is -0.304. The summed E-state index contributed by atoms with van der Waals surface area (Å²) in [5.74, 6) is 6.09. The van der Waals surface area contributed by atoms with Crippen LogP contribution in [0, 0.1) is 18.8 Å².